The van der Waals surface area contributed by atoms with Crippen LogP contribution in [0, 0.1) is 0 Å². The van der Waals surface area contributed by atoms with Gasteiger partial charge in [0.15, 0.2) is 0 Å². The van der Waals surface area contributed by atoms with Crippen molar-refractivity contribution in [2.24, 2.45) is 5.73 Å². The molecule has 0 aromatic heterocycles. The third kappa shape index (κ3) is 2.64. The Morgan fingerprint density at radius 2 is 1.93 bits per heavy atom. The summed E-state index contributed by atoms with van der Waals surface area (Å²) in [6, 6.07) is 3.56. The first-order valence-electron chi connectivity index (χ1n) is 4.27. The van der Waals surface area contributed by atoms with Crippen molar-refractivity contribution in [2.45, 2.75) is 6.42 Å². The van der Waals surface area contributed by atoms with Crippen molar-refractivity contribution in [3.05, 3.63) is 33.8 Å². The number of benzene rings is 1. The van der Waals surface area contributed by atoms with Crippen LogP contribution >= 0.6 is 23.2 Å². The monoisotopic (exact) mass is 230 g/mol. The lowest BCUT2D eigenvalue weighted by molar-refractivity contribution is 1.01. The van der Waals surface area contributed by atoms with E-state index in [1.54, 1.807) is 6.07 Å². The molecule has 4 N–H and O–H groups in total. The summed E-state index contributed by atoms with van der Waals surface area (Å²) in [5.41, 5.74) is 12.3. The molecular formula is C10H12Cl2N2. The number of hydrogen-bond acceptors (Lipinski definition) is 2. The average Bonchev–Trinajstić information content (AvgIpc) is 2.18. The Bertz CT molecular complexity index is 348. The van der Waals surface area contributed by atoms with Gasteiger partial charge in [-0.25, -0.2) is 0 Å². The number of halogens is 2. The normalized spacial score (nSPS) is 11.1. The van der Waals surface area contributed by atoms with E-state index in [1.807, 2.05) is 18.2 Å². The molecule has 0 unspecified atom stereocenters. The first kappa shape index (κ1) is 11.4. The topological polar surface area (TPSA) is 52.0 Å². The van der Waals surface area contributed by atoms with Crippen molar-refractivity contribution in [3.8, 4) is 0 Å². The Morgan fingerprint density at radius 1 is 1.21 bits per heavy atom. The van der Waals surface area contributed by atoms with Crippen molar-refractivity contribution in [1.82, 2.24) is 0 Å². The molecule has 14 heavy (non-hydrogen) atoms. The van der Waals surface area contributed by atoms with Gasteiger partial charge in [0.25, 0.3) is 0 Å². The van der Waals surface area contributed by atoms with E-state index in [0.29, 0.717) is 22.3 Å². The van der Waals surface area contributed by atoms with E-state index in [4.69, 9.17) is 34.7 Å². The first-order valence-corrected chi connectivity index (χ1v) is 5.02. The van der Waals surface area contributed by atoms with Crippen LogP contribution in [0.1, 0.15) is 12.0 Å². The van der Waals surface area contributed by atoms with Gasteiger partial charge in [-0.15, -0.1) is 0 Å². The molecule has 0 bridgehead atoms. The maximum absolute atomic E-state index is 5.98. The van der Waals surface area contributed by atoms with E-state index < -0.39 is 0 Å². The minimum Gasteiger partial charge on any atom is -0.397 e. The molecule has 0 amide bonds. The SMILES string of the molecule is NCCC=Cc1ccc(N)c(Cl)c1Cl. The zero-order valence-electron chi connectivity index (χ0n) is 7.63. The maximum atomic E-state index is 5.98. The van der Waals surface area contributed by atoms with E-state index >= 15 is 0 Å². The van der Waals surface area contributed by atoms with E-state index in [1.165, 1.54) is 0 Å². The number of hydrogen-bond donors (Lipinski definition) is 2. The van der Waals surface area contributed by atoms with Crippen LogP contribution in [0.25, 0.3) is 6.08 Å². The second kappa shape index (κ2) is 5.25. The molecule has 0 aliphatic carbocycles. The van der Waals surface area contributed by atoms with Crippen LogP contribution in [0.4, 0.5) is 5.69 Å². The Hall–Kier alpha value is -0.700. The zero-order chi connectivity index (χ0) is 10.6. The maximum Gasteiger partial charge on any atom is 0.0827 e. The number of nitrogen functional groups attached to an aromatic ring is 1. The highest BCUT2D eigenvalue weighted by Crippen LogP contribution is 2.31. The average molecular weight is 231 g/mol. The molecule has 2 nitrogen and oxygen atoms in total. The van der Waals surface area contributed by atoms with Gasteiger partial charge in [0.2, 0.25) is 0 Å². The summed E-state index contributed by atoms with van der Waals surface area (Å²) < 4.78 is 0. The van der Waals surface area contributed by atoms with Crippen molar-refractivity contribution < 1.29 is 0 Å². The molecule has 1 aromatic rings. The molecule has 0 atom stereocenters. The third-order valence-electron chi connectivity index (χ3n) is 1.77. The largest absolute Gasteiger partial charge is 0.397 e. The molecule has 0 heterocycles. The van der Waals surface area contributed by atoms with E-state index in [0.717, 1.165) is 12.0 Å². The number of rotatable bonds is 3. The summed E-state index contributed by atoms with van der Waals surface area (Å²) >= 11 is 11.9. The van der Waals surface area contributed by atoms with Gasteiger partial charge in [-0.05, 0) is 24.6 Å². The van der Waals surface area contributed by atoms with Gasteiger partial charge in [-0.1, -0.05) is 41.4 Å². The summed E-state index contributed by atoms with van der Waals surface area (Å²) in [4.78, 5) is 0. The molecule has 0 saturated carbocycles. The van der Waals surface area contributed by atoms with E-state index in [9.17, 15) is 0 Å². The predicted molar refractivity (Wildman–Crippen MR) is 63.6 cm³/mol. The van der Waals surface area contributed by atoms with Crippen molar-refractivity contribution in [1.29, 1.82) is 0 Å². The summed E-state index contributed by atoms with van der Waals surface area (Å²) in [6.07, 6.45) is 4.66. The number of nitrogens with two attached hydrogens (primary N) is 2. The smallest absolute Gasteiger partial charge is 0.0827 e. The third-order valence-corrected chi connectivity index (χ3v) is 2.68. The van der Waals surface area contributed by atoms with Gasteiger partial charge in [-0.2, -0.15) is 0 Å². The Labute approximate surface area is 93.5 Å². The fourth-order valence-corrected chi connectivity index (χ4v) is 1.42. The molecule has 0 aliphatic heterocycles. The minimum atomic E-state index is 0.404. The molecule has 0 spiro atoms. The van der Waals surface area contributed by atoms with Crippen LogP contribution in [0.5, 0.6) is 0 Å². The Morgan fingerprint density at radius 3 is 2.57 bits per heavy atom. The highest BCUT2D eigenvalue weighted by Gasteiger charge is 2.04. The molecule has 1 aromatic carbocycles. The fourth-order valence-electron chi connectivity index (χ4n) is 1.01. The Kier molecular flexibility index (Phi) is 4.26. The molecule has 1 rings (SSSR count). The molecule has 76 valence electrons. The summed E-state index contributed by atoms with van der Waals surface area (Å²) in [7, 11) is 0. The van der Waals surface area contributed by atoms with Crippen LogP contribution < -0.4 is 11.5 Å². The van der Waals surface area contributed by atoms with Gasteiger partial charge < -0.3 is 11.5 Å². The second-order valence-electron chi connectivity index (χ2n) is 2.85. The summed E-state index contributed by atoms with van der Waals surface area (Å²) in [6.45, 7) is 0.622. The molecular weight excluding hydrogens is 219 g/mol. The van der Waals surface area contributed by atoms with Crippen LogP contribution in [0.3, 0.4) is 0 Å². The Balaban J connectivity index is 2.94. The van der Waals surface area contributed by atoms with Crippen molar-refractivity contribution >= 4 is 35.0 Å². The predicted octanol–water partition coefficient (Wildman–Crippen LogP) is 2.94. The summed E-state index contributed by atoms with van der Waals surface area (Å²) in [5.74, 6) is 0. The van der Waals surface area contributed by atoms with Crippen molar-refractivity contribution in [2.75, 3.05) is 12.3 Å². The molecule has 0 aliphatic rings. The molecule has 4 heteroatoms. The molecule has 0 radical (unpaired) electrons. The zero-order valence-corrected chi connectivity index (χ0v) is 9.15. The lowest BCUT2D eigenvalue weighted by Crippen LogP contribution is -1.95. The second-order valence-corrected chi connectivity index (χ2v) is 3.61. The first-order chi connectivity index (χ1) is 6.66. The molecule has 0 saturated heterocycles. The number of anilines is 1. The van der Waals surface area contributed by atoms with Crippen LogP contribution in [-0.4, -0.2) is 6.54 Å². The lowest BCUT2D eigenvalue weighted by atomic mass is 10.2. The van der Waals surface area contributed by atoms with Crippen LogP contribution in [0.15, 0.2) is 18.2 Å². The quantitative estimate of drug-likeness (QED) is 0.785. The van der Waals surface area contributed by atoms with E-state index in [-0.39, 0.29) is 0 Å². The lowest BCUT2D eigenvalue weighted by Gasteiger charge is -2.03. The van der Waals surface area contributed by atoms with Crippen molar-refractivity contribution in [3.63, 3.8) is 0 Å². The fraction of sp³-hybridized carbons (Fsp3) is 0.200. The van der Waals surface area contributed by atoms with Gasteiger partial charge in [0, 0.05) is 0 Å². The van der Waals surface area contributed by atoms with E-state index in [2.05, 4.69) is 0 Å². The standard InChI is InChI=1S/C10H12Cl2N2/c11-9-7(3-1-2-6-13)4-5-8(14)10(9)12/h1,3-5H,2,6,13-14H2. The molecule has 0 fully saturated rings. The van der Waals surface area contributed by atoms with Gasteiger partial charge >= 0.3 is 0 Å². The highest BCUT2D eigenvalue weighted by molar-refractivity contribution is 6.44. The van der Waals surface area contributed by atoms with Gasteiger partial charge in [0.1, 0.15) is 0 Å². The minimum absolute atomic E-state index is 0.404. The van der Waals surface area contributed by atoms with Crippen LogP contribution in [0.2, 0.25) is 10.0 Å². The van der Waals surface area contributed by atoms with Crippen LogP contribution in [-0.2, 0) is 0 Å². The highest BCUT2D eigenvalue weighted by atomic mass is 35.5. The van der Waals surface area contributed by atoms with Gasteiger partial charge in [-0.3, -0.25) is 0 Å². The summed E-state index contributed by atoms with van der Waals surface area (Å²) in [5, 5.41) is 0.890. The van der Waals surface area contributed by atoms with Gasteiger partial charge in [0.05, 0.1) is 15.7 Å².